The van der Waals surface area contributed by atoms with Crippen molar-refractivity contribution in [2.45, 2.75) is 19.4 Å². The molecule has 0 bridgehead atoms. The van der Waals surface area contributed by atoms with Crippen molar-refractivity contribution in [2.24, 2.45) is 0 Å². The number of hydrogen-bond acceptors (Lipinski definition) is 5. The molecule has 7 nitrogen and oxygen atoms in total. The van der Waals surface area contributed by atoms with Crippen LogP contribution < -0.4 is 20.3 Å². The van der Waals surface area contributed by atoms with Gasteiger partial charge in [-0.3, -0.25) is 9.59 Å². The van der Waals surface area contributed by atoms with Crippen molar-refractivity contribution >= 4 is 23.2 Å². The fraction of sp³-hybridized carbons (Fsp3) is 0.250. The summed E-state index contributed by atoms with van der Waals surface area (Å²) in [5.74, 6) is 0.0307. The molecule has 0 aliphatic carbocycles. The van der Waals surface area contributed by atoms with Gasteiger partial charge >= 0.3 is 11.8 Å². The molecule has 1 aromatic heterocycles. The molecule has 7 heteroatoms. The second-order valence-corrected chi connectivity index (χ2v) is 7.22. The van der Waals surface area contributed by atoms with Gasteiger partial charge in [-0.25, -0.2) is 0 Å². The van der Waals surface area contributed by atoms with E-state index < -0.39 is 11.8 Å². The second-order valence-electron chi connectivity index (χ2n) is 7.22. The lowest BCUT2D eigenvalue weighted by atomic mass is 10.1. The molecule has 31 heavy (non-hydrogen) atoms. The maximum atomic E-state index is 12.5. The highest BCUT2D eigenvalue weighted by Gasteiger charge is 2.29. The van der Waals surface area contributed by atoms with E-state index >= 15 is 0 Å². The molecule has 3 aromatic rings. The van der Waals surface area contributed by atoms with E-state index in [1.54, 1.807) is 30.5 Å². The third-order valence-electron chi connectivity index (χ3n) is 5.26. The highest BCUT2D eigenvalue weighted by molar-refractivity contribution is 6.39. The lowest BCUT2D eigenvalue weighted by molar-refractivity contribution is -0.136. The van der Waals surface area contributed by atoms with Crippen molar-refractivity contribution in [3.8, 4) is 5.75 Å². The lowest BCUT2D eigenvalue weighted by Gasteiger charge is -2.29. The van der Waals surface area contributed by atoms with E-state index in [0.29, 0.717) is 18.0 Å². The van der Waals surface area contributed by atoms with Crippen LogP contribution in [0.15, 0.2) is 71.3 Å². The molecule has 2 N–H and O–H groups in total. The van der Waals surface area contributed by atoms with E-state index in [4.69, 9.17) is 9.15 Å². The van der Waals surface area contributed by atoms with Crippen LogP contribution in [0.5, 0.6) is 5.75 Å². The minimum Gasteiger partial charge on any atom is -0.494 e. The number of carbonyl (C=O) groups is 2. The Morgan fingerprint density at radius 3 is 2.61 bits per heavy atom. The molecule has 1 atom stereocenters. The third-order valence-corrected chi connectivity index (χ3v) is 5.26. The number of nitrogens with one attached hydrogen (secondary N) is 2. The van der Waals surface area contributed by atoms with E-state index in [0.717, 1.165) is 24.4 Å². The second kappa shape index (κ2) is 9.38. The number of rotatable bonds is 7. The Labute approximate surface area is 181 Å². The summed E-state index contributed by atoms with van der Waals surface area (Å²) in [6, 6.07) is 18.6. The number of ether oxygens (including phenoxy) is 1. The van der Waals surface area contributed by atoms with Gasteiger partial charge in [-0.1, -0.05) is 18.2 Å². The van der Waals surface area contributed by atoms with Gasteiger partial charge < -0.3 is 24.7 Å². The molecular weight excluding hydrogens is 394 g/mol. The van der Waals surface area contributed by atoms with Crippen molar-refractivity contribution in [1.82, 2.24) is 5.32 Å². The summed E-state index contributed by atoms with van der Waals surface area (Å²) in [4.78, 5) is 27.0. The number of benzene rings is 2. The Bertz CT molecular complexity index is 1030. The predicted octanol–water partition coefficient (Wildman–Crippen LogP) is 3.54. The highest BCUT2D eigenvalue weighted by Crippen LogP contribution is 2.34. The number of furan rings is 1. The van der Waals surface area contributed by atoms with Gasteiger partial charge in [0.1, 0.15) is 17.6 Å². The largest absolute Gasteiger partial charge is 0.494 e. The quantitative estimate of drug-likeness (QED) is 0.573. The van der Waals surface area contributed by atoms with Crippen LogP contribution in [0.2, 0.25) is 0 Å². The Hall–Kier alpha value is -3.74. The van der Waals surface area contributed by atoms with Crippen LogP contribution in [0.4, 0.5) is 11.4 Å². The number of para-hydroxylation sites is 1. The first-order valence-electron chi connectivity index (χ1n) is 10.4. The van der Waals surface area contributed by atoms with Crippen molar-refractivity contribution in [3.05, 3.63) is 78.3 Å². The zero-order chi connectivity index (χ0) is 21.6. The Morgan fingerprint density at radius 1 is 1.06 bits per heavy atom. The molecule has 1 aliphatic rings. The summed E-state index contributed by atoms with van der Waals surface area (Å²) in [5, 5.41) is 5.36. The molecule has 0 saturated heterocycles. The van der Waals surface area contributed by atoms with Gasteiger partial charge in [0.2, 0.25) is 0 Å². The van der Waals surface area contributed by atoms with E-state index in [9.17, 15) is 9.59 Å². The summed E-state index contributed by atoms with van der Waals surface area (Å²) in [7, 11) is 0. The molecule has 2 heterocycles. The maximum absolute atomic E-state index is 12.5. The molecule has 0 saturated carbocycles. The zero-order valence-corrected chi connectivity index (χ0v) is 17.3. The summed E-state index contributed by atoms with van der Waals surface area (Å²) >= 11 is 0. The van der Waals surface area contributed by atoms with Gasteiger partial charge in [0.25, 0.3) is 0 Å². The fourth-order valence-electron chi connectivity index (χ4n) is 3.79. The average molecular weight is 419 g/mol. The SMILES string of the molecule is CCOc1ccc(NC(=O)C(=O)NC[C@H](c2ccco2)N2CCc3ccccc32)cc1. The van der Waals surface area contributed by atoms with Crippen molar-refractivity contribution in [2.75, 3.05) is 29.9 Å². The predicted molar refractivity (Wildman–Crippen MR) is 118 cm³/mol. The van der Waals surface area contributed by atoms with Crippen molar-refractivity contribution < 1.29 is 18.7 Å². The molecule has 0 spiro atoms. The van der Waals surface area contributed by atoms with Gasteiger partial charge in [-0.2, -0.15) is 0 Å². The van der Waals surface area contributed by atoms with Crippen LogP contribution in [0.3, 0.4) is 0 Å². The van der Waals surface area contributed by atoms with E-state index in [1.807, 2.05) is 31.2 Å². The van der Waals surface area contributed by atoms with E-state index in [-0.39, 0.29) is 12.6 Å². The first kappa shape index (κ1) is 20.5. The van der Waals surface area contributed by atoms with Crippen LogP contribution in [-0.4, -0.2) is 31.5 Å². The van der Waals surface area contributed by atoms with Gasteiger partial charge in [0.15, 0.2) is 0 Å². The van der Waals surface area contributed by atoms with Crippen molar-refractivity contribution in [3.63, 3.8) is 0 Å². The maximum Gasteiger partial charge on any atom is 0.313 e. The smallest absolute Gasteiger partial charge is 0.313 e. The molecule has 0 radical (unpaired) electrons. The normalized spacial score (nSPS) is 13.4. The number of nitrogens with zero attached hydrogens (tertiary/aromatic N) is 1. The van der Waals surface area contributed by atoms with Crippen LogP contribution in [0.1, 0.15) is 24.3 Å². The first-order valence-corrected chi connectivity index (χ1v) is 10.4. The number of hydrogen-bond donors (Lipinski definition) is 2. The minimum absolute atomic E-state index is 0.208. The van der Waals surface area contributed by atoms with Gasteiger partial charge in [0, 0.05) is 24.5 Å². The van der Waals surface area contributed by atoms with Crippen LogP contribution in [0.25, 0.3) is 0 Å². The monoisotopic (exact) mass is 419 g/mol. The number of amides is 2. The van der Waals surface area contributed by atoms with Crippen LogP contribution in [-0.2, 0) is 16.0 Å². The standard InChI is InChI=1S/C24H25N3O4/c1-2-30-19-11-9-18(10-12-19)26-24(29)23(28)25-16-21(22-8-5-15-31-22)27-14-13-17-6-3-4-7-20(17)27/h3-12,15,21H,2,13-14,16H2,1H3,(H,25,28)(H,26,29)/t21-/m1/s1. The molecule has 1 aliphatic heterocycles. The fourth-order valence-corrected chi connectivity index (χ4v) is 3.79. The molecule has 4 rings (SSSR count). The van der Waals surface area contributed by atoms with Crippen LogP contribution in [0, 0.1) is 0 Å². The summed E-state index contributed by atoms with van der Waals surface area (Å²) in [6.07, 6.45) is 2.55. The van der Waals surface area contributed by atoms with E-state index in [1.165, 1.54) is 5.56 Å². The molecule has 160 valence electrons. The zero-order valence-electron chi connectivity index (χ0n) is 17.3. The number of anilines is 2. The first-order chi connectivity index (χ1) is 15.2. The van der Waals surface area contributed by atoms with E-state index in [2.05, 4.69) is 27.7 Å². The third kappa shape index (κ3) is 4.71. The van der Waals surface area contributed by atoms with Crippen molar-refractivity contribution in [1.29, 1.82) is 0 Å². The molecule has 0 fully saturated rings. The molecular formula is C24H25N3O4. The number of fused-ring (bicyclic) bond motifs is 1. The van der Waals surface area contributed by atoms with Gasteiger partial charge in [0.05, 0.1) is 12.9 Å². The lowest BCUT2D eigenvalue weighted by Crippen LogP contribution is -2.41. The average Bonchev–Trinajstić information content (AvgIpc) is 3.46. The molecule has 0 unspecified atom stereocenters. The molecule has 2 amide bonds. The molecule has 2 aromatic carbocycles. The summed E-state index contributed by atoms with van der Waals surface area (Å²) in [6.45, 7) is 3.53. The minimum atomic E-state index is -0.718. The highest BCUT2D eigenvalue weighted by atomic mass is 16.5. The Morgan fingerprint density at radius 2 is 1.87 bits per heavy atom. The summed E-state index contributed by atoms with van der Waals surface area (Å²) < 4.78 is 11.0. The number of carbonyl (C=O) groups excluding carboxylic acids is 2. The Balaban J connectivity index is 1.40. The van der Waals surface area contributed by atoms with Gasteiger partial charge in [-0.15, -0.1) is 0 Å². The van der Waals surface area contributed by atoms with Crippen LogP contribution >= 0.6 is 0 Å². The Kier molecular flexibility index (Phi) is 6.21. The van der Waals surface area contributed by atoms with Gasteiger partial charge in [-0.05, 0) is 61.4 Å². The summed E-state index contributed by atoms with van der Waals surface area (Å²) in [5.41, 5.74) is 2.91. The topological polar surface area (TPSA) is 83.8 Å².